The summed E-state index contributed by atoms with van der Waals surface area (Å²) in [7, 11) is 0. The number of halogens is 1. The Hall–Kier alpha value is -3.24. The van der Waals surface area contributed by atoms with E-state index in [9.17, 15) is 18.8 Å². The topological polar surface area (TPSA) is 97.4 Å². The van der Waals surface area contributed by atoms with Gasteiger partial charge in [-0.1, -0.05) is 18.2 Å². The lowest BCUT2D eigenvalue weighted by molar-refractivity contribution is -0.142. The molecule has 1 aromatic heterocycles. The van der Waals surface area contributed by atoms with E-state index in [1.807, 2.05) is 6.07 Å². The fourth-order valence-corrected chi connectivity index (χ4v) is 4.40. The molecule has 0 aliphatic rings. The second-order valence-electron chi connectivity index (χ2n) is 6.84. The van der Waals surface area contributed by atoms with Gasteiger partial charge in [0.1, 0.15) is 5.82 Å². The number of anilines is 2. The lowest BCUT2D eigenvalue weighted by atomic mass is 10.2. The number of rotatable bonds is 9. The van der Waals surface area contributed by atoms with Gasteiger partial charge in [0.25, 0.3) is 5.91 Å². The first kappa shape index (κ1) is 24.4. The minimum Gasteiger partial charge on any atom is -0.466 e. The summed E-state index contributed by atoms with van der Waals surface area (Å²) in [5.74, 6) is -1.77. The summed E-state index contributed by atoms with van der Waals surface area (Å²) in [4.78, 5) is 41.4. The fraction of sp³-hybridized carbons (Fsp3) is 0.217. The van der Waals surface area contributed by atoms with Crippen LogP contribution in [0.25, 0.3) is 0 Å². The van der Waals surface area contributed by atoms with Crippen molar-refractivity contribution in [1.29, 1.82) is 0 Å². The maximum absolute atomic E-state index is 13.8. The molecule has 0 saturated carbocycles. The standard InChI is InChI=1S/C23H22FN3O4S2/c1-3-31-20(28)12-16-13-32-23(26-16)27-21(29)14(2)33-17-8-6-7-15(11-17)25-22(30)18-9-4-5-10-19(18)24/h4-11,13-14H,3,12H2,1-2H3,(H,25,30)(H,26,27,29). The molecular weight excluding hydrogens is 465 g/mol. The van der Waals surface area contributed by atoms with E-state index in [2.05, 4.69) is 15.6 Å². The Kier molecular flexibility index (Phi) is 8.56. The number of carbonyl (C=O) groups excluding carboxylic acids is 3. The van der Waals surface area contributed by atoms with Crippen LogP contribution in [-0.2, 0) is 20.7 Å². The number of carbonyl (C=O) groups is 3. The first-order valence-electron chi connectivity index (χ1n) is 10.1. The molecular formula is C23H22FN3O4S2. The highest BCUT2D eigenvalue weighted by Gasteiger charge is 2.18. The predicted molar refractivity (Wildman–Crippen MR) is 127 cm³/mol. The van der Waals surface area contributed by atoms with Crippen LogP contribution in [-0.4, -0.2) is 34.6 Å². The van der Waals surface area contributed by atoms with Crippen LogP contribution in [0.15, 0.2) is 58.8 Å². The third-order valence-electron chi connectivity index (χ3n) is 4.31. The Morgan fingerprint density at radius 1 is 1.15 bits per heavy atom. The Morgan fingerprint density at radius 3 is 2.70 bits per heavy atom. The van der Waals surface area contributed by atoms with Gasteiger partial charge < -0.3 is 15.4 Å². The summed E-state index contributed by atoms with van der Waals surface area (Å²) in [6, 6.07) is 12.7. The van der Waals surface area contributed by atoms with Crippen LogP contribution in [0.4, 0.5) is 15.2 Å². The molecule has 1 atom stereocenters. The maximum Gasteiger partial charge on any atom is 0.311 e. The van der Waals surface area contributed by atoms with Gasteiger partial charge in [-0.25, -0.2) is 9.37 Å². The fourth-order valence-electron chi connectivity index (χ4n) is 2.76. The number of nitrogens with zero attached hydrogens (tertiary/aromatic N) is 1. The maximum atomic E-state index is 13.8. The largest absolute Gasteiger partial charge is 0.466 e. The summed E-state index contributed by atoms with van der Waals surface area (Å²) in [5.41, 5.74) is 0.978. The minimum absolute atomic E-state index is 0.0472. The first-order valence-corrected chi connectivity index (χ1v) is 11.8. The first-order chi connectivity index (χ1) is 15.9. The summed E-state index contributed by atoms with van der Waals surface area (Å²) >= 11 is 2.53. The molecule has 172 valence electrons. The van der Waals surface area contributed by atoms with Gasteiger partial charge in [-0.3, -0.25) is 14.4 Å². The van der Waals surface area contributed by atoms with E-state index in [1.165, 1.54) is 41.3 Å². The summed E-state index contributed by atoms with van der Waals surface area (Å²) < 4.78 is 18.7. The second kappa shape index (κ2) is 11.6. The predicted octanol–water partition coefficient (Wildman–Crippen LogP) is 4.76. The van der Waals surface area contributed by atoms with E-state index < -0.39 is 17.0 Å². The number of ether oxygens (including phenoxy) is 1. The molecule has 7 nitrogen and oxygen atoms in total. The van der Waals surface area contributed by atoms with E-state index in [0.29, 0.717) is 23.1 Å². The van der Waals surface area contributed by atoms with Gasteiger partial charge in [-0.15, -0.1) is 23.1 Å². The average Bonchev–Trinajstić information content (AvgIpc) is 3.20. The number of thiazole rings is 1. The SMILES string of the molecule is CCOC(=O)Cc1csc(NC(=O)C(C)Sc2cccc(NC(=O)c3ccccc3F)c2)n1. The van der Waals surface area contributed by atoms with Crippen molar-refractivity contribution in [3.8, 4) is 0 Å². The normalized spacial score (nSPS) is 11.5. The zero-order valence-electron chi connectivity index (χ0n) is 18.0. The molecule has 0 aliphatic heterocycles. The number of amides is 2. The van der Waals surface area contributed by atoms with Crippen LogP contribution in [0.1, 0.15) is 29.9 Å². The lowest BCUT2D eigenvalue weighted by Crippen LogP contribution is -2.22. The molecule has 0 aliphatic carbocycles. The van der Waals surface area contributed by atoms with Crippen molar-refractivity contribution in [3.63, 3.8) is 0 Å². The number of hydrogen-bond donors (Lipinski definition) is 2. The summed E-state index contributed by atoms with van der Waals surface area (Å²) in [6.07, 6.45) is 0.0515. The number of benzene rings is 2. The van der Waals surface area contributed by atoms with Gasteiger partial charge in [-0.05, 0) is 44.2 Å². The van der Waals surface area contributed by atoms with Crippen LogP contribution in [0.5, 0.6) is 0 Å². The van der Waals surface area contributed by atoms with Crippen LogP contribution < -0.4 is 10.6 Å². The van der Waals surface area contributed by atoms with Crippen molar-refractivity contribution >= 4 is 51.7 Å². The Morgan fingerprint density at radius 2 is 1.94 bits per heavy atom. The highest BCUT2D eigenvalue weighted by atomic mass is 32.2. The molecule has 0 fully saturated rings. The molecule has 0 bridgehead atoms. The molecule has 2 amide bonds. The van der Waals surface area contributed by atoms with Gasteiger partial charge in [0.2, 0.25) is 5.91 Å². The van der Waals surface area contributed by atoms with Crippen LogP contribution in [0, 0.1) is 5.82 Å². The number of hydrogen-bond acceptors (Lipinski definition) is 7. The van der Waals surface area contributed by atoms with Gasteiger partial charge in [0.15, 0.2) is 5.13 Å². The van der Waals surface area contributed by atoms with Crippen LogP contribution in [0.3, 0.4) is 0 Å². The molecule has 33 heavy (non-hydrogen) atoms. The summed E-state index contributed by atoms with van der Waals surface area (Å²) in [5, 5.41) is 7.06. The zero-order chi connectivity index (χ0) is 23.8. The van der Waals surface area contributed by atoms with Gasteiger partial charge >= 0.3 is 5.97 Å². The Labute approximate surface area is 198 Å². The highest BCUT2D eigenvalue weighted by molar-refractivity contribution is 8.00. The van der Waals surface area contributed by atoms with Crippen molar-refractivity contribution in [2.24, 2.45) is 0 Å². The molecule has 2 N–H and O–H groups in total. The molecule has 2 aromatic carbocycles. The van der Waals surface area contributed by atoms with E-state index in [4.69, 9.17) is 4.74 Å². The van der Waals surface area contributed by atoms with E-state index >= 15 is 0 Å². The molecule has 3 aromatic rings. The van der Waals surface area contributed by atoms with Crippen molar-refractivity contribution in [3.05, 3.63) is 71.0 Å². The molecule has 0 saturated heterocycles. The summed E-state index contributed by atoms with van der Waals surface area (Å²) in [6.45, 7) is 3.78. The van der Waals surface area contributed by atoms with Crippen molar-refractivity contribution in [1.82, 2.24) is 4.98 Å². The third-order valence-corrected chi connectivity index (χ3v) is 6.21. The minimum atomic E-state index is -0.599. The molecule has 0 radical (unpaired) electrons. The molecule has 10 heteroatoms. The van der Waals surface area contributed by atoms with Gasteiger partial charge in [0, 0.05) is 16.0 Å². The highest BCUT2D eigenvalue weighted by Crippen LogP contribution is 2.27. The van der Waals surface area contributed by atoms with Crippen molar-refractivity contribution in [2.45, 2.75) is 30.4 Å². The molecule has 0 spiro atoms. The molecule has 3 rings (SSSR count). The van der Waals surface area contributed by atoms with Gasteiger partial charge in [-0.2, -0.15) is 0 Å². The average molecular weight is 488 g/mol. The number of aromatic nitrogens is 1. The van der Waals surface area contributed by atoms with Crippen LogP contribution in [0.2, 0.25) is 0 Å². The third kappa shape index (κ3) is 7.13. The zero-order valence-corrected chi connectivity index (χ0v) is 19.6. The van der Waals surface area contributed by atoms with Gasteiger partial charge in [0.05, 0.1) is 29.5 Å². The number of nitrogens with one attached hydrogen (secondary N) is 2. The molecule has 1 heterocycles. The molecule has 1 unspecified atom stereocenters. The van der Waals surface area contributed by atoms with Crippen molar-refractivity contribution in [2.75, 3.05) is 17.2 Å². The van der Waals surface area contributed by atoms with Crippen molar-refractivity contribution < 1.29 is 23.5 Å². The lowest BCUT2D eigenvalue weighted by Gasteiger charge is -2.12. The van der Waals surface area contributed by atoms with Crippen LogP contribution >= 0.6 is 23.1 Å². The van der Waals surface area contributed by atoms with E-state index in [-0.39, 0.29) is 23.9 Å². The number of esters is 1. The van der Waals surface area contributed by atoms with E-state index in [0.717, 1.165) is 4.90 Å². The Balaban J connectivity index is 1.57. The quantitative estimate of drug-likeness (QED) is 0.334. The smallest absolute Gasteiger partial charge is 0.311 e. The number of thioether (sulfide) groups is 1. The van der Waals surface area contributed by atoms with E-state index in [1.54, 1.807) is 43.5 Å². The Bertz CT molecular complexity index is 1150. The monoisotopic (exact) mass is 487 g/mol. The second-order valence-corrected chi connectivity index (χ2v) is 9.11.